The van der Waals surface area contributed by atoms with Gasteiger partial charge in [-0.2, -0.15) is 5.10 Å². The lowest BCUT2D eigenvalue weighted by Gasteiger charge is -2.12. The van der Waals surface area contributed by atoms with Crippen molar-refractivity contribution in [1.82, 2.24) is 15.1 Å². The molecule has 0 saturated heterocycles. The number of rotatable bonds is 6. The van der Waals surface area contributed by atoms with Gasteiger partial charge >= 0.3 is 5.97 Å². The fourth-order valence-corrected chi connectivity index (χ4v) is 2.38. The van der Waals surface area contributed by atoms with Crippen molar-refractivity contribution in [3.05, 3.63) is 59.4 Å². The summed E-state index contributed by atoms with van der Waals surface area (Å²) in [5, 5.41) is 16.0. The van der Waals surface area contributed by atoms with Gasteiger partial charge in [0.25, 0.3) is 5.91 Å². The van der Waals surface area contributed by atoms with E-state index in [2.05, 4.69) is 10.4 Å². The minimum absolute atomic E-state index is 0.239. The molecule has 1 amide bonds. The number of hydrogen-bond donors (Lipinski definition) is 2. The van der Waals surface area contributed by atoms with Crippen molar-refractivity contribution < 1.29 is 14.7 Å². The average Bonchev–Trinajstić information content (AvgIpc) is 2.92. The van der Waals surface area contributed by atoms with Crippen LogP contribution in [0.4, 0.5) is 0 Å². The van der Waals surface area contributed by atoms with Crippen LogP contribution in [-0.2, 0) is 4.79 Å². The van der Waals surface area contributed by atoms with Gasteiger partial charge in [-0.1, -0.05) is 24.3 Å². The normalized spacial score (nSPS) is 12.3. The smallest absolute Gasteiger partial charge is 0.326 e. The molecule has 2 rings (SSSR count). The molecule has 1 aromatic carbocycles. The maximum Gasteiger partial charge on any atom is 0.326 e. The summed E-state index contributed by atoms with van der Waals surface area (Å²) in [6.07, 6.45) is 5.16. The van der Waals surface area contributed by atoms with Gasteiger partial charge < -0.3 is 10.4 Å². The molecule has 1 unspecified atom stereocenters. The zero-order valence-electron chi connectivity index (χ0n) is 14.0. The number of nitrogens with one attached hydrogen (secondary N) is 1. The topological polar surface area (TPSA) is 84.2 Å². The van der Waals surface area contributed by atoms with E-state index in [1.165, 1.54) is 6.20 Å². The van der Waals surface area contributed by atoms with Gasteiger partial charge in [0.05, 0.1) is 23.1 Å². The maximum atomic E-state index is 12.4. The van der Waals surface area contributed by atoms with E-state index in [0.717, 1.165) is 11.3 Å². The molecule has 0 aliphatic carbocycles. The summed E-state index contributed by atoms with van der Waals surface area (Å²) < 4.78 is 1.67. The van der Waals surface area contributed by atoms with E-state index >= 15 is 0 Å². The van der Waals surface area contributed by atoms with Gasteiger partial charge in [0.1, 0.15) is 6.04 Å². The monoisotopic (exact) mass is 327 g/mol. The van der Waals surface area contributed by atoms with Crippen LogP contribution in [0.5, 0.6) is 0 Å². The van der Waals surface area contributed by atoms with Crippen LogP contribution in [-0.4, -0.2) is 32.8 Å². The van der Waals surface area contributed by atoms with Gasteiger partial charge in [0, 0.05) is 0 Å². The molecule has 0 radical (unpaired) electrons. The number of hydrogen-bond acceptors (Lipinski definition) is 3. The largest absolute Gasteiger partial charge is 0.480 e. The summed E-state index contributed by atoms with van der Waals surface area (Å²) in [6.45, 7) is 5.57. The second-order valence-electron chi connectivity index (χ2n) is 5.56. The number of aryl methyl sites for hydroxylation is 1. The van der Waals surface area contributed by atoms with Crippen molar-refractivity contribution in [3.8, 4) is 5.69 Å². The Morgan fingerprint density at radius 1 is 1.38 bits per heavy atom. The number of aliphatic carboxylic acids is 1. The Morgan fingerprint density at radius 3 is 2.75 bits per heavy atom. The number of aromatic nitrogens is 2. The van der Waals surface area contributed by atoms with Crippen LogP contribution in [0.2, 0.25) is 0 Å². The minimum atomic E-state index is -1.06. The molecule has 0 fully saturated rings. The Bertz CT molecular complexity index is 778. The van der Waals surface area contributed by atoms with E-state index in [1.807, 2.05) is 31.2 Å². The molecule has 0 aliphatic rings. The third kappa shape index (κ3) is 3.90. The first-order valence-electron chi connectivity index (χ1n) is 7.70. The molecule has 2 aromatic rings. The average molecular weight is 327 g/mol. The molecule has 0 spiro atoms. The Balaban J connectivity index is 2.23. The van der Waals surface area contributed by atoms with E-state index in [-0.39, 0.29) is 6.42 Å². The summed E-state index contributed by atoms with van der Waals surface area (Å²) in [6, 6.07) is 6.81. The third-order valence-electron chi connectivity index (χ3n) is 3.71. The fraction of sp³-hybridized carbons (Fsp3) is 0.278. The number of carbonyl (C=O) groups excluding carboxylic acids is 1. The van der Waals surface area contributed by atoms with Gasteiger partial charge in [0.15, 0.2) is 0 Å². The number of allylic oxidation sites excluding steroid dienone is 1. The molecule has 0 aliphatic heterocycles. The number of carboxylic acid groups (broad SMARTS) is 1. The first-order chi connectivity index (χ1) is 11.4. The second-order valence-corrected chi connectivity index (χ2v) is 5.56. The summed E-state index contributed by atoms with van der Waals surface area (Å²) in [5.74, 6) is -1.51. The third-order valence-corrected chi connectivity index (χ3v) is 3.71. The molecule has 6 nitrogen and oxygen atoms in total. The minimum Gasteiger partial charge on any atom is -0.480 e. The molecule has 1 aromatic heterocycles. The molecule has 6 heteroatoms. The Labute approximate surface area is 140 Å². The SMILES string of the molecule is C/C=C/CC(NC(=O)c1cnn(-c2cccc(C)c2)c1C)C(=O)O. The zero-order chi connectivity index (χ0) is 17.7. The molecule has 1 heterocycles. The van der Waals surface area contributed by atoms with Crippen molar-refractivity contribution in [2.75, 3.05) is 0 Å². The summed E-state index contributed by atoms with van der Waals surface area (Å²) >= 11 is 0. The summed E-state index contributed by atoms with van der Waals surface area (Å²) in [7, 11) is 0. The number of nitrogens with zero attached hydrogens (tertiary/aromatic N) is 2. The first kappa shape index (κ1) is 17.5. The lowest BCUT2D eigenvalue weighted by atomic mass is 10.1. The van der Waals surface area contributed by atoms with Gasteiger partial charge in [-0.15, -0.1) is 0 Å². The molecule has 0 saturated carbocycles. The van der Waals surface area contributed by atoms with Crippen molar-refractivity contribution in [2.24, 2.45) is 0 Å². The summed E-state index contributed by atoms with van der Waals surface area (Å²) in [5.41, 5.74) is 2.97. The quantitative estimate of drug-likeness (QED) is 0.799. The number of carboxylic acids is 1. The van der Waals surface area contributed by atoms with E-state index in [4.69, 9.17) is 0 Å². The number of amides is 1. The molecular weight excluding hydrogens is 306 g/mol. The highest BCUT2D eigenvalue weighted by Gasteiger charge is 2.22. The molecule has 24 heavy (non-hydrogen) atoms. The lowest BCUT2D eigenvalue weighted by molar-refractivity contribution is -0.139. The molecular formula is C18H21N3O3. The van der Waals surface area contributed by atoms with Gasteiger partial charge in [-0.3, -0.25) is 4.79 Å². The Hall–Kier alpha value is -2.89. The van der Waals surface area contributed by atoms with Gasteiger partial charge in [-0.25, -0.2) is 9.48 Å². The van der Waals surface area contributed by atoms with E-state index in [9.17, 15) is 14.7 Å². The van der Waals surface area contributed by atoms with E-state index in [1.54, 1.807) is 30.7 Å². The van der Waals surface area contributed by atoms with Crippen molar-refractivity contribution in [3.63, 3.8) is 0 Å². The van der Waals surface area contributed by atoms with Gasteiger partial charge in [-0.05, 0) is 44.9 Å². The molecule has 1 atom stereocenters. The second kappa shape index (κ2) is 7.59. The summed E-state index contributed by atoms with van der Waals surface area (Å²) in [4.78, 5) is 23.7. The number of carbonyl (C=O) groups is 2. The van der Waals surface area contributed by atoms with Crippen LogP contribution < -0.4 is 5.32 Å². The predicted molar refractivity (Wildman–Crippen MR) is 91.4 cm³/mol. The molecule has 0 bridgehead atoms. The van der Waals surface area contributed by atoms with Crippen LogP contribution >= 0.6 is 0 Å². The zero-order valence-corrected chi connectivity index (χ0v) is 14.0. The predicted octanol–water partition coefficient (Wildman–Crippen LogP) is 2.64. The van der Waals surface area contributed by atoms with E-state index < -0.39 is 17.9 Å². The van der Waals surface area contributed by atoms with Crippen molar-refractivity contribution in [1.29, 1.82) is 0 Å². The van der Waals surface area contributed by atoms with E-state index in [0.29, 0.717) is 11.3 Å². The first-order valence-corrected chi connectivity index (χ1v) is 7.70. The maximum absolute atomic E-state index is 12.4. The van der Waals surface area contributed by atoms with Crippen LogP contribution in [0.25, 0.3) is 5.69 Å². The van der Waals surface area contributed by atoms with Crippen LogP contribution in [0.1, 0.15) is 35.0 Å². The lowest BCUT2D eigenvalue weighted by Crippen LogP contribution is -2.40. The van der Waals surface area contributed by atoms with Crippen molar-refractivity contribution >= 4 is 11.9 Å². The van der Waals surface area contributed by atoms with Crippen LogP contribution in [0.3, 0.4) is 0 Å². The van der Waals surface area contributed by atoms with Crippen molar-refractivity contribution in [2.45, 2.75) is 33.2 Å². The van der Waals surface area contributed by atoms with Gasteiger partial charge in [0.2, 0.25) is 0 Å². The Morgan fingerprint density at radius 2 is 2.12 bits per heavy atom. The fourth-order valence-electron chi connectivity index (χ4n) is 2.38. The van der Waals surface area contributed by atoms with Crippen LogP contribution in [0.15, 0.2) is 42.6 Å². The highest BCUT2D eigenvalue weighted by atomic mass is 16.4. The standard InChI is InChI=1S/C18H21N3O3/c1-4-5-9-16(18(23)24)20-17(22)15-11-19-21(13(15)3)14-8-6-7-12(2)10-14/h4-8,10-11,16H,9H2,1-3H3,(H,20,22)(H,23,24)/b5-4+. The molecule has 126 valence electrons. The molecule has 2 N–H and O–H groups in total. The number of benzene rings is 1. The van der Waals surface area contributed by atoms with Crippen LogP contribution in [0, 0.1) is 13.8 Å². The Kier molecular flexibility index (Phi) is 5.52. The highest BCUT2D eigenvalue weighted by molar-refractivity contribution is 5.97. The highest BCUT2D eigenvalue weighted by Crippen LogP contribution is 2.15.